The first kappa shape index (κ1) is 14.6. The molecule has 0 saturated carbocycles. The van der Waals surface area contributed by atoms with E-state index in [2.05, 4.69) is 20.3 Å². The zero-order valence-electron chi connectivity index (χ0n) is 12.3. The number of nitrogens with zero attached hydrogens (tertiary/aromatic N) is 4. The van der Waals surface area contributed by atoms with Crippen molar-refractivity contribution in [1.82, 2.24) is 19.5 Å². The zero-order valence-corrected chi connectivity index (χ0v) is 12.3. The summed E-state index contributed by atoms with van der Waals surface area (Å²) in [5.74, 6) is -0.174. The number of nitrogens with one attached hydrogen (secondary N) is 1. The molecule has 2 heterocycles. The maximum absolute atomic E-state index is 12.3. The quantitative estimate of drug-likeness (QED) is 0.741. The Balaban J connectivity index is 1.74. The van der Waals surface area contributed by atoms with Crippen LogP contribution in [0.5, 0.6) is 0 Å². The van der Waals surface area contributed by atoms with E-state index in [1.807, 2.05) is 0 Å². The summed E-state index contributed by atoms with van der Waals surface area (Å²) in [5, 5.41) is 2.70. The monoisotopic (exact) mass is 307 g/mol. The fourth-order valence-corrected chi connectivity index (χ4v) is 2.03. The van der Waals surface area contributed by atoms with Gasteiger partial charge in [-0.05, 0) is 24.3 Å². The molecule has 0 fully saturated rings. The Bertz CT molecular complexity index is 840. The third kappa shape index (κ3) is 3.13. The van der Waals surface area contributed by atoms with Gasteiger partial charge >= 0.3 is 0 Å². The van der Waals surface area contributed by atoms with E-state index in [0.717, 1.165) is 0 Å². The highest BCUT2D eigenvalue weighted by Gasteiger charge is 2.14. The van der Waals surface area contributed by atoms with Crippen molar-refractivity contribution in [3.05, 3.63) is 72.3 Å². The van der Waals surface area contributed by atoms with Crippen LogP contribution in [0.2, 0.25) is 0 Å². The van der Waals surface area contributed by atoms with Gasteiger partial charge in [0.1, 0.15) is 5.69 Å². The van der Waals surface area contributed by atoms with E-state index in [9.17, 15) is 9.59 Å². The number of carbonyl (C=O) groups is 2. The van der Waals surface area contributed by atoms with Crippen LogP contribution in [0, 0.1) is 0 Å². The van der Waals surface area contributed by atoms with Crippen molar-refractivity contribution < 1.29 is 9.59 Å². The van der Waals surface area contributed by atoms with Gasteiger partial charge in [0.05, 0.1) is 6.20 Å². The average molecular weight is 307 g/mol. The van der Waals surface area contributed by atoms with Crippen LogP contribution in [-0.4, -0.2) is 31.2 Å². The molecule has 114 valence electrons. The minimum absolute atomic E-state index is 0.177. The van der Waals surface area contributed by atoms with Crippen LogP contribution in [0.3, 0.4) is 0 Å². The van der Waals surface area contributed by atoms with Crippen molar-refractivity contribution in [3.8, 4) is 0 Å². The van der Waals surface area contributed by atoms with Gasteiger partial charge in [-0.25, -0.2) is 9.97 Å². The lowest BCUT2D eigenvalue weighted by Gasteiger charge is -2.06. The number of amides is 1. The number of aromatic nitrogens is 4. The number of benzene rings is 1. The van der Waals surface area contributed by atoms with Crippen molar-refractivity contribution in [2.24, 2.45) is 7.05 Å². The maximum Gasteiger partial charge on any atom is 0.275 e. The molecule has 3 rings (SSSR count). The van der Waals surface area contributed by atoms with Crippen LogP contribution in [0.25, 0.3) is 0 Å². The largest absolute Gasteiger partial charge is 0.331 e. The summed E-state index contributed by atoms with van der Waals surface area (Å²) < 4.78 is 1.66. The molecule has 2 aromatic heterocycles. The van der Waals surface area contributed by atoms with Gasteiger partial charge in [-0.2, -0.15) is 0 Å². The molecule has 1 aromatic carbocycles. The predicted octanol–water partition coefficient (Wildman–Crippen LogP) is 1.69. The third-order valence-corrected chi connectivity index (χ3v) is 3.23. The first-order chi connectivity index (χ1) is 11.1. The van der Waals surface area contributed by atoms with Crippen LogP contribution in [0.1, 0.15) is 26.7 Å². The summed E-state index contributed by atoms with van der Waals surface area (Å²) in [5.41, 5.74) is 1.29. The predicted molar refractivity (Wildman–Crippen MR) is 83.1 cm³/mol. The lowest BCUT2D eigenvalue weighted by Crippen LogP contribution is -2.14. The van der Waals surface area contributed by atoms with Crippen LogP contribution in [0.15, 0.2) is 55.2 Å². The number of anilines is 1. The summed E-state index contributed by atoms with van der Waals surface area (Å²) in [6.07, 6.45) is 7.61. The Morgan fingerprint density at radius 1 is 1.04 bits per heavy atom. The van der Waals surface area contributed by atoms with E-state index in [0.29, 0.717) is 17.1 Å². The average Bonchev–Trinajstić information content (AvgIpc) is 3.02. The molecule has 1 N–H and O–H groups in total. The first-order valence-corrected chi connectivity index (χ1v) is 6.84. The third-order valence-electron chi connectivity index (χ3n) is 3.23. The van der Waals surface area contributed by atoms with Gasteiger partial charge in [-0.3, -0.25) is 14.6 Å². The van der Waals surface area contributed by atoms with Gasteiger partial charge in [-0.1, -0.05) is 0 Å². The van der Waals surface area contributed by atoms with Gasteiger partial charge in [0.25, 0.3) is 5.91 Å². The van der Waals surface area contributed by atoms with E-state index in [1.165, 1.54) is 18.6 Å². The Morgan fingerprint density at radius 3 is 2.43 bits per heavy atom. The SMILES string of the molecule is Cn1ccnc1C(=O)c1ccc(NC(=O)c2cnccn2)cc1. The molecular formula is C16H13N5O2. The molecule has 0 spiro atoms. The molecule has 1 amide bonds. The van der Waals surface area contributed by atoms with Crippen molar-refractivity contribution >= 4 is 17.4 Å². The lowest BCUT2D eigenvalue weighted by molar-refractivity contribution is 0.101. The second-order valence-corrected chi connectivity index (χ2v) is 4.81. The Kier molecular flexibility index (Phi) is 3.92. The minimum atomic E-state index is -0.360. The zero-order chi connectivity index (χ0) is 16.2. The number of ketones is 1. The molecule has 0 aliphatic carbocycles. The van der Waals surface area contributed by atoms with E-state index < -0.39 is 0 Å². The molecule has 0 aliphatic heterocycles. The first-order valence-electron chi connectivity index (χ1n) is 6.84. The lowest BCUT2D eigenvalue weighted by atomic mass is 10.1. The molecular weight excluding hydrogens is 294 g/mol. The Morgan fingerprint density at radius 2 is 1.83 bits per heavy atom. The second-order valence-electron chi connectivity index (χ2n) is 4.81. The summed E-state index contributed by atoms with van der Waals surface area (Å²) in [6.45, 7) is 0. The summed E-state index contributed by atoms with van der Waals surface area (Å²) in [6, 6.07) is 6.60. The van der Waals surface area contributed by atoms with Crippen LogP contribution >= 0.6 is 0 Å². The normalized spacial score (nSPS) is 10.3. The van der Waals surface area contributed by atoms with Crippen LogP contribution in [-0.2, 0) is 7.05 Å². The smallest absolute Gasteiger partial charge is 0.275 e. The summed E-state index contributed by atoms with van der Waals surface area (Å²) >= 11 is 0. The molecule has 3 aromatic rings. The number of imidazole rings is 1. The van der Waals surface area contributed by atoms with Gasteiger partial charge in [0.15, 0.2) is 5.82 Å². The van der Waals surface area contributed by atoms with Crippen molar-refractivity contribution in [2.75, 3.05) is 5.32 Å². The number of hydrogen-bond acceptors (Lipinski definition) is 5. The topological polar surface area (TPSA) is 89.8 Å². The van der Waals surface area contributed by atoms with E-state index in [4.69, 9.17) is 0 Å². The molecule has 0 radical (unpaired) electrons. The highest BCUT2D eigenvalue weighted by Crippen LogP contribution is 2.13. The Hall–Kier alpha value is -3.35. The fraction of sp³-hybridized carbons (Fsp3) is 0.0625. The van der Waals surface area contributed by atoms with E-state index in [1.54, 1.807) is 48.3 Å². The fourth-order valence-electron chi connectivity index (χ4n) is 2.03. The molecule has 0 unspecified atom stereocenters. The molecule has 0 bridgehead atoms. The number of rotatable bonds is 4. The van der Waals surface area contributed by atoms with E-state index in [-0.39, 0.29) is 17.4 Å². The summed E-state index contributed by atoms with van der Waals surface area (Å²) in [7, 11) is 1.76. The second kappa shape index (κ2) is 6.18. The van der Waals surface area contributed by atoms with E-state index >= 15 is 0 Å². The minimum Gasteiger partial charge on any atom is -0.331 e. The van der Waals surface area contributed by atoms with Gasteiger partial charge in [-0.15, -0.1) is 0 Å². The summed E-state index contributed by atoms with van der Waals surface area (Å²) in [4.78, 5) is 36.1. The van der Waals surface area contributed by atoms with Gasteiger partial charge < -0.3 is 9.88 Å². The standard InChI is InChI=1S/C16H13N5O2/c1-21-9-8-19-15(21)14(22)11-2-4-12(5-3-11)20-16(23)13-10-17-6-7-18-13/h2-10H,1H3,(H,20,23). The van der Waals surface area contributed by atoms with Crippen molar-refractivity contribution in [2.45, 2.75) is 0 Å². The number of hydrogen-bond donors (Lipinski definition) is 1. The molecule has 7 heteroatoms. The Labute approximate surface area is 132 Å². The van der Waals surface area contributed by atoms with Gasteiger partial charge in [0, 0.05) is 43.1 Å². The number of carbonyl (C=O) groups excluding carboxylic acids is 2. The highest BCUT2D eigenvalue weighted by molar-refractivity contribution is 6.07. The number of aryl methyl sites for hydroxylation is 1. The van der Waals surface area contributed by atoms with Crippen molar-refractivity contribution in [1.29, 1.82) is 0 Å². The van der Waals surface area contributed by atoms with Gasteiger partial charge in [0.2, 0.25) is 5.78 Å². The molecule has 7 nitrogen and oxygen atoms in total. The molecule has 0 saturated heterocycles. The van der Waals surface area contributed by atoms with Crippen LogP contribution in [0.4, 0.5) is 5.69 Å². The molecule has 0 atom stereocenters. The van der Waals surface area contributed by atoms with Crippen LogP contribution < -0.4 is 5.32 Å². The molecule has 23 heavy (non-hydrogen) atoms. The van der Waals surface area contributed by atoms with Crippen molar-refractivity contribution in [3.63, 3.8) is 0 Å². The highest BCUT2D eigenvalue weighted by atomic mass is 16.2. The maximum atomic E-state index is 12.3. The molecule has 0 aliphatic rings.